The largest absolute Gasteiger partial charge is 0.397 e. The van der Waals surface area contributed by atoms with Crippen molar-refractivity contribution in [1.82, 2.24) is 4.98 Å². The van der Waals surface area contributed by atoms with E-state index in [1.54, 1.807) is 17.4 Å². The van der Waals surface area contributed by atoms with Crippen molar-refractivity contribution in [3.63, 3.8) is 0 Å². The van der Waals surface area contributed by atoms with Gasteiger partial charge in [0, 0.05) is 30.2 Å². The molecule has 1 heterocycles. The molecule has 16 heavy (non-hydrogen) atoms. The maximum absolute atomic E-state index is 5.71. The summed E-state index contributed by atoms with van der Waals surface area (Å²) in [7, 11) is 0. The molecule has 2 aromatic rings. The lowest BCUT2D eigenvalue weighted by atomic mass is 10.2. The fourth-order valence-corrected chi connectivity index (χ4v) is 2.00. The number of nitrogen functional groups attached to an aromatic ring is 2. The van der Waals surface area contributed by atoms with Crippen LogP contribution in [-0.4, -0.2) is 11.5 Å². The van der Waals surface area contributed by atoms with E-state index in [0.717, 1.165) is 23.7 Å². The molecule has 5 heteroatoms. The van der Waals surface area contributed by atoms with Crippen molar-refractivity contribution in [2.45, 2.75) is 6.42 Å². The summed E-state index contributed by atoms with van der Waals surface area (Å²) in [6.45, 7) is 0.844. The number of aromatic nitrogens is 1. The van der Waals surface area contributed by atoms with Crippen LogP contribution in [0.2, 0.25) is 0 Å². The average molecular weight is 234 g/mol. The number of anilines is 3. The highest BCUT2D eigenvalue weighted by atomic mass is 32.1. The van der Waals surface area contributed by atoms with Crippen molar-refractivity contribution >= 4 is 28.4 Å². The Morgan fingerprint density at radius 2 is 2.12 bits per heavy atom. The standard InChI is InChI=1S/C11H14N4S/c12-9-2-1-8(7-10(9)13)14-4-3-11-15-5-6-16-11/h1-2,5-7,14H,3-4,12-13H2. The van der Waals surface area contributed by atoms with Crippen LogP contribution in [0.15, 0.2) is 29.8 Å². The third kappa shape index (κ3) is 2.64. The lowest BCUT2D eigenvalue weighted by molar-refractivity contribution is 0.998. The van der Waals surface area contributed by atoms with Gasteiger partial charge in [-0.15, -0.1) is 11.3 Å². The van der Waals surface area contributed by atoms with Gasteiger partial charge in [0.1, 0.15) is 0 Å². The van der Waals surface area contributed by atoms with Crippen molar-refractivity contribution < 1.29 is 0 Å². The molecule has 5 N–H and O–H groups in total. The Morgan fingerprint density at radius 3 is 2.81 bits per heavy atom. The maximum Gasteiger partial charge on any atom is 0.0942 e. The third-order valence-electron chi connectivity index (χ3n) is 2.24. The van der Waals surface area contributed by atoms with Gasteiger partial charge >= 0.3 is 0 Å². The van der Waals surface area contributed by atoms with Gasteiger partial charge in [-0.2, -0.15) is 0 Å². The molecule has 0 fully saturated rings. The first-order valence-electron chi connectivity index (χ1n) is 5.03. The van der Waals surface area contributed by atoms with Crippen LogP contribution in [0.1, 0.15) is 5.01 Å². The van der Waals surface area contributed by atoms with Crippen LogP contribution in [0.5, 0.6) is 0 Å². The number of nitrogens with two attached hydrogens (primary N) is 2. The summed E-state index contributed by atoms with van der Waals surface area (Å²) in [5.74, 6) is 0. The quantitative estimate of drug-likeness (QED) is 0.707. The first kappa shape index (κ1) is 10.8. The van der Waals surface area contributed by atoms with E-state index in [1.165, 1.54) is 0 Å². The van der Waals surface area contributed by atoms with Gasteiger partial charge in [-0.1, -0.05) is 0 Å². The Bertz CT molecular complexity index is 453. The second-order valence-electron chi connectivity index (χ2n) is 3.45. The molecule has 2 rings (SSSR count). The minimum atomic E-state index is 0.610. The molecular formula is C11H14N4S. The molecule has 84 valence electrons. The molecule has 0 bridgehead atoms. The molecule has 4 nitrogen and oxygen atoms in total. The van der Waals surface area contributed by atoms with Gasteiger partial charge in [-0.25, -0.2) is 4.98 Å². The Labute approximate surface area is 98.3 Å². The van der Waals surface area contributed by atoms with Gasteiger partial charge < -0.3 is 16.8 Å². The normalized spacial score (nSPS) is 10.2. The molecule has 0 atom stereocenters. The monoisotopic (exact) mass is 234 g/mol. The van der Waals surface area contributed by atoms with E-state index in [2.05, 4.69) is 10.3 Å². The van der Waals surface area contributed by atoms with Gasteiger partial charge in [0.2, 0.25) is 0 Å². The lowest BCUT2D eigenvalue weighted by Gasteiger charge is -2.07. The molecule has 0 aliphatic carbocycles. The Hall–Kier alpha value is -1.75. The molecule has 0 saturated carbocycles. The highest BCUT2D eigenvalue weighted by Gasteiger charge is 1.98. The maximum atomic E-state index is 5.71. The summed E-state index contributed by atoms with van der Waals surface area (Å²) in [4.78, 5) is 4.21. The van der Waals surface area contributed by atoms with Crippen LogP contribution in [0.3, 0.4) is 0 Å². The predicted molar refractivity (Wildman–Crippen MR) is 69.6 cm³/mol. The summed E-state index contributed by atoms with van der Waals surface area (Å²) >= 11 is 1.67. The van der Waals surface area contributed by atoms with Gasteiger partial charge in [0.05, 0.1) is 16.4 Å². The van der Waals surface area contributed by atoms with Crippen molar-refractivity contribution in [1.29, 1.82) is 0 Å². The molecule has 0 aliphatic heterocycles. The van der Waals surface area contributed by atoms with Gasteiger partial charge in [0.25, 0.3) is 0 Å². The number of nitrogens with one attached hydrogen (secondary N) is 1. The van der Waals surface area contributed by atoms with E-state index in [9.17, 15) is 0 Å². The van der Waals surface area contributed by atoms with Crippen LogP contribution in [0.4, 0.5) is 17.1 Å². The van der Waals surface area contributed by atoms with Crippen LogP contribution in [0.25, 0.3) is 0 Å². The zero-order valence-electron chi connectivity index (χ0n) is 8.81. The fourth-order valence-electron chi connectivity index (χ4n) is 1.37. The molecule has 0 amide bonds. The van der Waals surface area contributed by atoms with Crippen LogP contribution < -0.4 is 16.8 Å². The van der Waals surface area contributed by atoms with E-state index in [4.69, 9.17) is 11.5 Å². The van der Waals surface area contributed by atoms with Crippen molar-refractivity contribution in [3.05, 3.63) is 34.8 Å². The Morgan fingerprint density at radius 1 is 1.25 bits per heavy atom. The molecule has 1 aromatic carbocycles. The molecule has 0 saturated heterocycles. The van der Waals surface area contributed by atoms with E-state index in [1.807, 2.05) is 23.7 Å². The summed E-state index contributed by atoms with van der Waals surface area (Å²) in [5, 5.41) is 6.40. The highest BCUT2D eigenvalue weighted by molar-refractivity contribution is 7.09. The molecule has 0 spiro atoms. The third-order valence-corrected chi connectivity index (χ3v) is 3.08. The second kappa shape index (κ2) is 4.85. The average Bonchev–Trinajstić information content (AvgIpc) is 2.76. The zero-order valence-corrected chi connectivity index (χ0v) is 9.63. The van der Waals surface area contributed by atoms with Crippen molar-refractivity contribution in [3.8, 4) is 0 Å². The Balaban J connectivity index is 1.87. The first-order chi connectivity index (χ1) is 7.75. The van der Waals surface area contributed by atoms with E-state index < -0.39 is 0 Å². The van der Waals surface area contributed by atoms with Crippen LogP contribution in [-0.2, 0) is 6.42 Å². The second-order valence-corrected chi connectivity index (χ2v) is 4.43. The fraction of sp³-hybridized carbons (Fsp3) is 0.182. The number of hydrogen-bond acceptors (Lipinski definition) is 5. The number of rotatable bonds is 4. The molecule has 0 radical (unpaired) electrons. The minimum absolute atomic E-state index is 0.610. The number of benzene rings is 1. The number of nitrogens with zero attached hydrogens (tertiary/aromatic N) is 1. The van der Waals surface area contributed by atoms with E-state index in [-0.39, 0.29) is 0 Å². The highest BCUT2D eigenvalue weighted by Crippen LogP contribution is 2.19. The summed E-state index contributed by atoms with van der Waals surface area (Å²) in [6.07, 6.45) is 2.74. The lowest BCUT2D eigenvalue weighted by Crippen LogP contribution is -2.05. The van der Waals surface area contributed by atoms with E-state index in [0.29, 0.717) is 11.4 Å². The zero-order chi connectivity index (χ0) is 11.4. The molecule has 0 unspecified atom stereocenters. The summed E-state index contributed by atoms with van der Waals surface area (Å²) in [5.41, 5.74) is 13.6. The van der Waals surface area contributed by atoms with Gasteiger partial charge in [0.15, 0.2) is 0 Å². The van der Waals surface area contributed by atoms with Crippen LogP contribution >= 0.6 is 11.3 Å². The van der Waals surface area contributed by atoms with Crippen molar-refractivity contribution in [2.75, 3.05) is 23.3 Å². The first-order valence-corrected chi connectivity index (χ1v) is 5.91. The predicted octanol–water partition coefficient (Wildman–Crippen LogP) is 1.96. The summed E-state index contributed by atoms with van der Waals surface area (Å²) in [6, 6.07) is 5.58. The van der Waals surface area contributed by atoms with Gasteiger partial charge in [-0.3, -0.25) is 0 Å². The number of hydrogen-bond donors (Lipinski definition) is 3. The topological polar surface area (TPSA) is 77.0 Å². The van der Waals surface area contributed by atoms with Crippen LogP contribution in [0, 0.1) is 0 Å². The minimum Gasteiger partial charge on any atom is -0.397 e. The molecule has 1 aromatic heterocycles. The van der Waals surface area contributed by atoms with Gasteiger partial charge in [-0.05, 0) is 18.2 Å². The smallest absolute Gasteiger partial charge is 0.0942 e. The van der Waals surface area contributed by atoms with Crippen molar-refractivity contribution in [2.24, 2.45) is 0 Å². The molecular weight excluding hydrogens is 220 g/mol. The van der Waals surface area contributed by atoms with E-state index >= 15 is 0 Å². The Kier molecular flexibility index (Phi) is 3.26. The summed E-state index contributed by atoms with van der Waals surface area (Å²) < 4.78 is 0. The molecule has 0 aliphatic rings. The SMILES string of the molecule is Nc1ccc(NCCc2nccs2)cc1N. The number of thiazole rings is 1.